The Morgan fingerprint density at radius 3 is 2.72 bits per heavy atom. The number of hydrogen-bond donors (Lipinski definition) is 2. The van der Waals surface area contributed by atoms with Crippen molar-refractivity contribution >= 4 is 34.9 Å². The van der Waals surface area contributed by atoms with Gasteiger partial charge in [-0.25, -0.2) is 9.78 Å². The summed E-state index contributed by atoms with van der Waals surface area (Å²) in [7, 11) is 0. The smallest absolute Gasteiger partial charge is 0.319 e. The highest BCUT2D eigenvalue weighted by molar-refractivity contribution is 6.42. The average molecular weight is 376 g/mol. The van der Waals surface area contributed by atoms with Crippen molar-refractivity contribution < 1.29 is 4.79 Å². The minimum absolute atomic E-state index is 0.321. The van der Waals surface area contributed by atoms with E-state index in [1.807, 2.05) is 29.0 Å². The van der Waals surface area contributed by atoms with Crippen LogP contribution in [0, 0.1) is 0 Å². The molecule has 2 aromatic heterocycles. The number of benzene rings is 1. The molecule has 0 aliphatic carbocycles. The van der Waals surface area contributed by atoms with E-state index in [-0.39, 0.29) is 6.03 Å². The molecule has 3 aromatic rings. The third-order valence-corrected chi connectivity index (χ3v) is 4.16. The first-order valence-electron chi connectivity index (χ1n) is 7.56. The van der Waals surface area contributed by atoms with Crippen LogP contribution in [0.3, 0.4) is 0 Å². The number of anilines is 1. The molecule has 3 rings (SSSR count). The summed E-state index contributed by atoms with van der Waals surface area (Å²) in [6, 6.07) is 10.2. The number of urea groups is 1. The molecule has 0 atom stereocenters. The maximum absolute atomic E-state index is 12.0. The van der Waals surface area contributed by atoms with Crippen LogP contribution in [0.4, 0.5) is 10.5 Å². The van der Waals surface area contributed by atoms with Crippen molar-refractivity contribution in [2.45, 2.75) is 6.54 Å². The van der Waals surface area contributed by atoms with E-state index in [4.69, 9.17) is 23.2 Å². The zero-order chi connectivity index (χ0) is 17.6. The van der Waals surface area contributed by atoms with E-state index < -0.39 is 0 Å². The Labute approximate surface area is 154 Å². The maximum Gasteiger partial charge on any atom is 0.319 e. The molecule has 25 heavy (non-hydrogen) atoms. The predicted octanol–water partition coefficient (Wildman–Crippen LogP) is 4.07. The van der Waals surface area contributed by atoms with Crippen molar-refractivity contribution in [3.05, 3.63) is 65.0 Å². The summed E-state index contributed by atoms with van der Waals surface area (Å²) >= 11 is 11.8. The van der Waals surface area contributed by atoms with Crippen molar-refractivity contribution in [2.75, 3.05) is 11.9 Å². The number of imidazole rings is 1. The van der Waals surface area contributed by atoms with Gasteiger partial charge in [-0.3, -0.25) is 4.98 Å². The average Bonchev–Trinajstić information content (AvgIpc) is 3.07. The number of halogens is 2. The fraction of sp³-hybridized carbons (Fsp3) is 0.118. The third-order valence-electron chi connectivity index (χ3n) is 3.43. The van der Waals surface area contributed by atoms with Gasteiger partial charge in [0.05, 0.1) is 10.0 Å². The number of carbonyl (C=O) groups is 1. The van der Waals surface area contributed by atoms with Gasteiger partial charge in [0.2, 0.25) is 0 Å². The number of amides is 2. The molecular formula is C17H15Cl2N5O. The summed E-state index contributed by atoms with van der Waals surface area (Å²) in [4.78, 5) is 20.6. The molecule has 0 fully saturated rings. The number of rotatable bonds is 5. The lowest BCUT2D eigenvalue weighted by atomic mass is 10.3. The maximum atomic E-state index is 12.0. The second-order valence-corrected chi connectivity index (χ2v) is 5.98. The van der Waals surface area contributed by atoms with Gasteiger partial charge in [-0.15, -0.1) is 0 Å². The quantitative estimate of drug-likeness (QED) is 0.705. The molecule has 0 bridgehead atoms. The lowest BCUT2D eigenvalue weighted by Gasteiger charge is -2.10. The van der Waals surface area contributed by atoms with E-state index in [1.54, 1.807) is 30.6 Å². The van der Waals surface area contributed by atoms with E-state index >= 15 is 0 Å². The number of nitrogens with zero attached hydrogens (tertiary/aromatic N) is 3. The molecule has 2 N–H and O–H groups in total. The summed E-state index contributed by atoms with van der Waals surface area (Å²) in [6.07, 6.45) is 5.28. The third kappa shape index (κ3) is 4.49. The molecule has 0 aliphatic rings. The molecule has 0 aliphatic heterocycles. The fourth-order valence-corrected chi connectivity index (χ4v) is 2.56. The molecule has 0 spiro atoms. The first kappa shape index (κ1) is 17.3. The Bertz CT molecular complexity index is 866. The van der Waals surface area contributed by atoms with Gasteiger partial charge >= 0.3 is 6.03 Å². The summed E-state index contributed by atoms with van der Waals surface area (Å²) in [5, 5.41) is 6.32. The summed E-state index contributed by atoms with van der Waals surface area (Å²) in [5.74, 6) is 0.757. The van der Waals surface area contributed by atoms with Gasteiger partial charge in [-0.2, -0.15) is 0 Å². The normalized spacial score (nSPS) is 10.5. The number of hydrogen-bond acceptors (Lipinski definition) is 3. The zero-order valence-electron chi connectivity index (χ0n) is 13.1. The standard InChI is InChI=1S/C17H15Cl2N5O/c18-13-5-4-12(11-14(13)19)23-17(25)22-8-10-24-9-7-21-16(24)15-3-1-2-6-20-15/h1-7,9,11H,8,10H2,(H2,22,23,25). The number of carbonyl (C=O) groups excluding carboxylic acids is 1. The lowest BCUT2D eigenvalue weighted by molar-refractivity contribution is 0.251. The number of pyridine rings is 1. The van der Waals surface area contributed by atoms with Crippen molar-refractivity contribution in [1.82, 2.24) is 19.9 Å². The van der Waals surface area contributed by atoms with Gasteiger partial charge in [-0.1, -0.05) is 29.3 Å². The molecule has 6 nitrogen and oxygen atoms in total. The first-order chi connectivity index (χ1) is 12.1. The van der Waals surface area contributed by atoms with E-state index in [9.17, 15) is 4.79 Å². The molecule has 2 heterocycles. The molecule has 0 unspecified atom stereocenters. The van der Waals surface area contributed by atoms with Crippen LogP contribution in [-0.4, -0.2) is 27.1 Å². The van der Waals surface area contributed by atoms with Gasteiger partial charge in [0.15, 0.2) is 5.82 Å². The lowest BCUT2D eigenvalue weighted by Crippen LogP contribution is -2.31. The topological polar surface area (TPSA) is 71.8 Å². The van der Waals surface area contributed by atoms with E-state index in [2.05, 4.69) is 20.6 Å². The minimum Gasteiger partial charge on any atom is -0.336 e. The van der Waals surface area contributed by atoms with Crippen LogP contribution >= 0.6 is 23.2 Å². The molecule has 0 saturated heterocycles. The van der Waals surface area contributed by atoms with Crippen molar-refractivity contribution in [1.29, 1.82) is 0 Å². The predicted molar refractivity (Wildman–Crippen MR) is 98.9 cm³/mol. The van der Waals surface area contributed by atoms with Crippen LogP contribution in [0.25, 0.3) is 11.5 Å². The van der Waals surface area contributed by atoms with Gasteiger partial charge in [0.25, 0.3) is 0 Å². The molecule has 2 amide bonds. The number of nitrogens with one attached hydrogen (secondary N) is 2. The Hall–Kier alpha value is -2.57. The molecule has 128 valence electrons. The van der Waals surface area contributed by atoms with Crippen molar-refractivity contribution in [2.24, 2.45) is 0 Å². The van der Waals surface area contributed by atoms with E-state index in [1.165, 1.54) is 0 Å². The second-order valence-electron chi connectivity index (χ2n) is 5.17. The van der Waals surface area contributed by atoms with Crippen LogP contribution in [0.5, 0.6) is 0 Å². The minimum atomic E-state index is -0.321. The summed E-state index contributed by atoms with van der Waals surface area (Å²) in [6.45, 7) is 1.00. The van der Waals surface area contributed by atoms with Crippen LogP contribution in [0.2, 0.25) is 10.0 Å². The largest absolute Gasteiger partial charge is 0.336 e. The van der Waals surface area contributed by atoms with Gasteiger partial charge < -0.3 is 15.2 Å². The van der Waals surface area contributed by atoms with Crippen LogP contribution in [0.1, 0.15) is 0 Å². The molecule has 8 heteroatoms. The summed E-state index contributed by atoms with van der Waals surface area (Å²) < 4.78 is 1.93. The second kappa shape index (κ2) is 8.00. The number of aromatic nitrogens is 3. The highest BCUT2D eigenvalue weighted by Crippen LogP contribution is 2.24. The molecule has 0 radical (unpaired) electrons. The molecule has 1 aromatic carbocycles. The molecular weight excluding hydrogens is 361 g/mol. The SMILES string of the molecule is O=C(NCCn1ccnc1-c1ccccn1)Nc1ccc(Cl)c(Cl)c1. The Kier molecular flexibility index (Phi) is 5.53. The summed E-state index contributed by atoms with van der Waals surface area (Å²) in [5.41, 5.74) is 1.36. The van der Waals surface area contributed by atoms with E-state index in [0.29, 0.717) is 28.8 Å². The van der Waals surface area contributed by atoms with Crippen molar-refractivity contribution in [3.63, 3.8) is 0 Å². The molecule has 0 saturated carbocycles. The van der Waals surface area contributed by atoms with Gasteiger partial charge in [-0.05, 0) is 30.3 Å². The Morgan fingerprint density at radius 2 is 1.96 bits per heavy atom. The van der Waals surface area contributed by atoms with E-state index in [0.717, 1.165) is 11.5 Å². The Balaban J connectivity index is 1.54. The van der Waals surface area contributed by atoms with Gasteiger partial charge in [0.1, 0.15) is 5.69 Å². The highest BCUT2D eigenvalue weighted by Gasteiger charge is 2.08. The van der Waals surface area contributed by atoms with Crippen LogP contribution in [-0.2, 0) is 6.54 Å². The Morgan fingerprint density at radius 1 is 1.08 bits per heavy atom. The fourth-order valence-electron chi connectivity index (χ4n) is 2.26. The highest BCUT2D eigenvalue weighted by atomic mass is 35.5. The van der Waals surface area contributed by atoms with Crippen molar-refractivity contribution in [3.8, 4) is 11.5 Å². The van der Waals surface area contributed by atoms with Crippen LogP contribution in [0.15, 0.2) is 55.0 Å². The first-order valence-corrected chi connectivity index (χ1v) is 8.31. The zero-order valence-corrected chi connectivity index (χ0v) is 14.6. The van der Waals surface area contributed by atoms with Crippen LogP contribution < -0.4 is 10.6 Å². The monoisotopic (exact) mass is 375 g/mol. The van der Waals surface area contributed by atoms with Gasteiger partial charge in [0, 0.05) is 37.4 Å².